The minimum atomic E-state index is -0.925. The third-order valence-corrected chi connectivity index (χ3v) is 3.97. The molecule has 0 saturated heterocycles. The highest BCUT2D eigenvalue weighted by Crippen LogP contribution is 2.35. The SMILES string of the molecule is CC(C)Cc1cc(C(=O)NC2(CC(=O)O)CCC2)cc(=O)[nH]1. The highest BCUT2D eigenvalue weighted by atomic mass is 16.4. The number of carbonyl (C=O) groups is 2. The van der Waals surface area contributed by atoms with E-state index in [0.29, 0.717) is 30.9 Å². The van der Waals surface area contributed by atoms with Gasteiger partial charge < -0.3 is 15.4 Å². The van der Waals surface area contributed by atoms with Gasteiger partial charge in [0.25, 0.3) is 5.91 Å². The number of nitrogens with one attached hydrogen (secondary N) is 2. The number of hydrogen-bond acceptors (Lipinski definition) is 3. The van der Waals surface area contributed by atoms with Crippen molar-refractivity contribution in [3.05, 3.63) is 33.7 Å². The van der Waals surface area contributed by atoms with Crippen molar-refractivity contribution in [2.75, 3.05) is 0 Å². The lowest BCUT2D eigenvalue weighted by Crippen LogP contribution is -2.54. The predicted octanol–water partition coefficient (Wildman–Crippen LogP) is 1.70. The van der Waals surface area contributed by atoms with Crippen molar-refractivity contribution in [2.24, 2.45) is 5.92 Å². The van der Waals surface area contributed by atoms with Gasteiger partial charge >= 0.3 is 5.97 Å². The van der Waals surface area contributed by atoms with Crippen LogP contribution in [-0.4, -0.2) is 27.5 Å². The molecule has 1 saturated carbocycles. The third kappa shape index (κ3) is 3.96. The van der Waals surface area contributed by atoms with E-state index in [-0.39, 0.29) is 23.5 Å². The Balaban J connectivity index is 2.17. The zero-order valence-corrected chi connectivity index (χ0v) is 12.9. The minimum Gasteiger partial charge on any atom is -0.481 e. The maximum Gasteiger partial charge on any atom is 0.305 e. The van der Waals surface area contributed by atoms with Gasteiger partial charge in [-0.2, -0.15) is 0 Å². The van der Waals surface area contributed by atoms with Crippen molar-refractivity contribution in [1.82, 2.24) is 10.3 Å². The Labute approximate surface area is 128 Å². The van der Waals surface area contributed by atoms with E-state index in [1.165, 1.54) is 6.07 Å². The van der Waals surface area contributed by atoms with Gasteiger partial charge in [-0.15, -0.1) is 0 Å². The van der Waals surface area contributed by atoms with Gasteiger partial charge in [-0.1, -0.05) is 13.8 Å². The summed E-state index contributed by atoms with van der Waals surface area (Å²) in [6.07, 6.45) is 2.82. The van der Waals surface area contributed by atoms with E-state index in [2.05, 4.69) is 10.3 Å². The molecule has 1 aliphatic carbocycles. The highest BCUT2D eigenvalue weighted by Gasteiger charge is 2.40. The normalized spacial score (nSPS) is 16.1. The lowest BCUT2D eigenvalue weighted by Gasteiger charge is -2.41. The molecule has 1 heterocycles. The maximum absolute atomic E-state index is 12.4. The van der Waals surface area contributed by atoms with Crippen LogP contribution < -0.4 is 10.9 Å². The molecule has 1 aliphatic rings. The van der Waals surface area contributed by atoms with Crippen molar-refractivity contribution in [2.45, 2.75) is 51.5 Å². The summed E-state index contributed by atoms with van der Waals surface area (Å²) in [6, 6.07) is 2.93. The number of carbonyl (C=O) groups excluding carboxylic acids is 1. The smallest absolute Gasteiger partial charge is 0.305 e. The van der Waals surface area contributed by atoms with E-state index < -0.39 is 11.5 Å². The summed E-state index contributed by atoms with van der Waals surface area (Å²) >= 11 is 0. The van der Waals surface area contributed by atoms with Crippen molar-refractivity contribution < 1.29 is 14.7 Å². The van der Waals surface area contributed by atoms with Gasteiger partial charge in [-0.3, -0.25) is 14.4 Å². The number of aromatic amines is 1. The number of carboxylic acid groups (broad SMARTS) is 1. The van der Waals surface area contributed by atoms with E-state index in [4.69, 9.17) is 5.11 Å². The van der Waals surface area contributed by atoms with Crippen LogP contribution in [0.4, 0.5) is 0 Å². The molecule has 2 rings (SSSR count). The Kier molecular flexibility index (Phi) is 4.68. The summed E-state index contributed by atoms with van der Waals surface area (Å²) in [6.45, 7) is 4.06. The summed E-state index contributed by atoms with van der Waals surface area (Å²) in [5, 5.41) is 11.8. The summed E-state index contributed by atoms with van der Waals surface area (Å²) in [5.74, 6) is -0.942. The average Bonchev–Trinajstić information content (AvgIpc) is 2.33. The molecule has 0 spiro atoms. The Morgan fingerprint density at radius 3 is 2.55 bits per heavy atom. The topological polar surface area (TPSA) is 99.3 Å². The zero-order chi connectivity index (χ0) is 16.3. The van der Waals surface area contributed by atoms with Crippen molar-refractivity contribution in [3.8, 4) is 0 Å². The molecule has 22 heavy (non-hydrogen) atoms. The quantitative estimate of drug-likeness (QED) is 0.745. The molecule has 0 radical (unpaired) electrons. The van der Waals surface area contributed by atoms with Crippen molar-refractivity contribution in [1.29, 1.82) is 0 Å². The Hall–Kier alpha value is -2.11. The standard InChI is InChI=1S/C16H22N2O4/c1-10(2)6-12-7-11(8-13(19)17-12)15(22)18-16(4-3-5-16)9-14(20)21/h7-8,10H,3-6,9H2,1-2H3,(H,17,19)(H,18,22)(H,20,21). The van der Waals surface area contributed by atoms with Crippen molar-refractivity contribution in [3.63, 3.8) is 0 Å². The van der Waals surface area contributed by atoms with E-state index >= 15 is 0 Å². The molecule has 120 valence electrons. The predicted molar refractivity (Wildman–Crippen MR) is 81.9 cm³/mol. The van der Waals surface area contributed by atoms with Crippen LogP contribution >= 0.6 is 0 Å². The third-order valence-electron chi connectivity index (χ3n) is 3.97. The molecular formula is C16H22N2O4. The van der Waals surface area contributed by atoms with Gasteiger partial charge in [0.15, 0.2) is 0 Å². The maximum atomic E-state index is 12.4. The molecule has 1 aromatic rings. The second kappa shape index (κ2) is 6.34. The highest BCUT2D eigenvalue weighted by molar-refractivity contribution is 5.95. The minimum absolute atomic E-state index is 0.0826. The second-order valence-corrected chi connectivity index (χ2v) is 6.51. The lowest BCUT2D eigenvalue weighted by atomic mass is 9.74. The zero-order valence-electron chi connectivity index (χ0n) is 12.9. The van der Waals surface area contributed by atoms with Crippen LogP contribution in [0.3, 0.4) is 0 Å². The molecule has 0 aromatic carbocycles. The Morgan fingerprint density at radius 2 is 2.05 bits per heavy atom. The van der Waals surface area contributed by atoms with Crippen LogP contribution in [0.2, 0.25) is 0 Å². The van der Waals surface area contributed by atoms with Crippen molar-refractivity contribution >= 4 is 11.9 Å². The molecule has 1 aromatic heterocycles. The van der Waals surface area contributed by atoms with Crippen LogP contribution in [0.1, 0.15) is 55.6 Å². The first kappa shape index (κ1) is 16.3. The molecule has 6 nitrogen and oxygen atoms in total. The molecule has 0 unspecified atom stereocenters. The average molecular weight is 306 g/mol. The second-order valence-electron chi connectivity index (χ2n) is 6.51. The van der Waals surface area contributed by atoms with Gasteiger partial charge in [0.05, 0.1) is 12.0 Å². The molecule has 3 N–H and O–H groups in total. The van der Waals surface area contributed by atoms with E-state index in [1.807, 2.05) is 13.8 Å². The Bertz CT molecular complexity index is 629. The summed E-state index contributed by atoms with van der Waals surface area (Å²) in [4.78, 5) is 37.7. The first-order valence-corrected chi connectivity index (χ1v) is 7.57. The molecule has 0 bridgehead atoms. The first-order valence-electron chi connectivity index (χ1n) is 7.57. The summed E-state index contributed by atoms with van der Waals surface area (Å²) < 4.78 is 0. The molecule has 1 amide bonds. The molecule has 6 heteroatoms. The van der Waals surface area contributed by atoms with E-state index in [1.54, 1.807) is 6.07 Å². The molecule has 0 aliphatic heterocycles. The number of aliphatic carboxylic acids is 1. The Morgan fingerprint density at radius 1 is 1.36 bits per heavy atom. The molecule has 1 fully saturated rings. The fraction of sp³-hybridized carbons (Fsp3) is 0.562. The van der Waals surface area contributed by atoms with E-state index in [9.17, 15) is 14.4 Å². The number of amides is 1. The number of aromatic nitrogens is 1. The fourth-order valence-electron chi connectivity index (χ4n) is 2.83. The lowest BCUT2D eigenvalue weighted by molar-refractivity contribution is -0.139. The molecule has 0 atom stereocenters. The van der Waals surface area contributed by atoms with Crippen LogP contribution in [0.15, 0.2) is 16.9 Å². The van der Waals surface area contributed by atoms with Gasteiger partial charge in [0.1, 0.15) is 0 Å². The number of rotatable bonds is 6. The van der Waals surface area contributed by atoms with E-state index in [0.717, 1.165) is 6.42 Å². The number of pyridine rings is 1. The largest absolute Gasteiger partial charge is 0.481 e. The number of H-pyrrole nitrogens is 1. The van der Waals surface area contributed by atoms with Crippen LogP contribution in [-0.2, 0) is 11.2 Å². The van der Waals surface area contributed by atoms with Gasteiger partial charge in [0.2, 0.25) is 5.56 Å². The van der Waals surface area contributed by atoms with Crippen LogP contribution in [0.25, 0.3) is 0 Å². The van der Waals surface area contributed by atoms with Gasteiger partial charge in [0, 0.05) is 17.3 Å². The van der Waals surface area contributed by atoms with Gasteiger partial charge in [-0.05, 0) is 37.7 Å². The van der Waals surface area contributed by atoms with Crippen LogP contribution in [0, 0.1) is 5.92 Å². The monoisotopic (exact) mass is 306 g/mol. The summed E-state index contributed by atoms with van der Waals surface area (Å²) in [5.41, 5.74) is 0.0257. The fourth-order valence-corrected chi connectivity index (χ4v) is 2.83. The summed E-state index contributed by atoms with van der Waals surface area (Å²) in [7, 11) is 0. The molecular weight excluding hydrogens is 284 g/mol. The first-order chi connectivity index (χ1) is 10.3. The number of hydrogen-bond donors (Lipinski definition) is 3. The number of carboxylic acids is 1. The van der Waals surface area contributed by atoms with Gasteiger partial charge in [-0.25, -0.2) is 0 Å². The van der Waals surface area contributed by atoms with Crippen LogP contribution in [0.5, 0.6) is 0 Å².